The number of aliphatic hydroxyl groups is 1. The largest absolute Gasteiger partial charge is 0.388 e. The molecule has 1 heteroatoms. The molecular weight excluding hydrogens is 184 g/mol. The zero-order valence-corrected chi connectivity index (χ0v) is 9.45. The maximum atomic E-state index is 10.3. The highest BCUT2D eigenvalue weighted by atomic mass is 16.3. The first kappa shape index (κ1) is 10.7. The smallest absolute Gasteiger partial charge is 0.0820 e. The SMILES string of the molecule is CCc1ccccc1C(O)C1CCCC1. The van der Waals surface area contributed by atoms with Crippen molar-refractivity contribution in [3.05, 3.63) is 35.4 Å². The molecule has 0 aromatic heterocycles. The van der Waals surface area contributed by atoms with Gasteiger partial charge in [0.25, 0.3) is 0 Å². The van der Waals surface area contributed by atoms with Gasteiger partial charge in [0.15, 0.2) is 0 Å². The Kier molecular flexibility index (Phi) is 3.42. The summed E-state index contributed by atoms with van der Waals surface area (Å²) >= 11 is 0. The Morgan fingerprint density at radius 2 is 1.93 bits per heavy atom. The van der Waals surface area contributed by atoms with Crippen molar-refractivity contribution >= 4 is 0 Å². The van der Waals surface area contributed by atoms with Gasteiger partial charge in [-0.25, -0.2) is 0 Å². The van der Waals surface area contributed by atoms with E-state index >= 15 is 0 Å². The molecule has 2 rings (SSSR count). The lowest BCUT2D eigenvalue weighted by Gasteiger charge is -2.20. The van der Waals surface area contributed by atoms with Crippen molar-refractivity contribution in [1.29, 1.82) is 0 Å². The standard InChI is InChI=1S/C14H20O/c1-2-11-7-5-6-10-13(11)14(15)12-8-3-4-9-12/h5-7,10,12,14-15H,2-4,8-9H2,1H3. The van der Waals surface area contributed by atoms with E-state index in [-0.39, 0.29) is 6.10 Å². The number of aryl methyl sites for hydroxylation is 1. The molecule has 0 aliphatic heterocycles. The van der Waals surface area contributed by atoms with Crippen molar-refractivity contribution in [2.24, 2.45) is 5.92 Å². The molecule has 0 spiro atoms. The summed E-state index contributed by atoms with van der Waals surface area (Å²) in [5, 5.41) is 10.3. The molecule has 1 aromatic rings. The van der Waals surface area contributed by atoms with Crippen LogP contribution in [0.25, 0.3) is 0 Å². The average Bonchev–Trinajstić information content (AvgIpc) is 2.81. The van der Waals surface area contributed by atoms with E-state index in [1.807, 2.05) is 6.07 Å². The quantitative estimate of drug-likeness (QED) is 0.799. The van der Waals surface area contributed by atoms with E-state index in [1.165, 1.54) is 31.2 Å². The second-order valence-electron chi connectivity index (χ2n) is 4.54. The molecular formula is C14H20O. The third-order valence-electron chi connectivity index (χ3n) is 3.60. The third kappa shape index (κ3) is 2.23. The first-order chi connectivity index (χ1) is 7.33. The summed E-state index contributed by atoms with van der Waals surface area (Å²) in [4.78, 5) is 0. The molecule has 1 saturated carbocycles. The summed E-state index contributed by atoms with van der Waals surface area (Å²) in [6, 6.07) is 8.31. The Hall–Kier alpha value is -0.820. The van der Waals surface area contributed by atoms with Crippen LogP contribution in [0.5, 0.6) is 0 Å². The molecule has 1 aliphatic rings. The van der Waals surface area contributed by atoms with Gasteiger partial charge in [-0.1, -0.05) is 44.0 Å². The molecule has 1 aromatic carbocycles. The van der Waals surface area contributed by atoms with Crippen molar-refractivity contribution in [2.45, 2.75) is 45.1 Å². The lowest BCUT2D eigenvalue weighted by molar-refractivity contribution is 0.111. The number of hydrogen-bond donors (Lipinski definition) is 1. The fourth-order valence-corrected chi connectivity index (χ4v) is 2.67. The fourth-order valence-electron chi connectivity index (χ4n) is 2.67. The third-order valence-corrected chi connectivity index (χ3v) is 3.60. The Labute approximate surface area is 92.1 Å². The second kappa shape index (κ2) is 4.80. The highest BCUT2D eigenvalue weighted by Gasteiger charge is 2.25. The second-order valence-corrected chi connectivity index (χ2v) is 4.54. The minimum absolute atomic E-state index is 0.233. The topological polar surface area (TPSA) is 20.2 Å². The van der Waals surface area contributed by atoms with E-state index < -0.39 is 0 Å². The van der Waals surface area contributed by atoms with Crippen molar-refractivity contribution in [1.82, 2.24) is 0 Å². The Morgan fingerprint density at radius 1 is 1.27 bits per heavy atom. The molecule has 1 fully saturated rings. The number of hydrogen-bond acceptors (Lipinski definition) is 1. The predicted molar refractivity (Wildman–Crippen MR) is 62.7 cm³/mol. The van der Waals surface area contributed by atoms with Gasteiger partial charge in [-0.05, 0) is 36.3 Å². The van der Waals surface area contributed by atoms with Crippen molar-refractivity contribution in [2.75, 3.05) is 0 Å². The van der Waals surface area contributed by atoms with Crippen LogP contribution in [0.4, 0.5) is 0 Å². The normalized spacial score (nSPS) is 19.3. The number of aliphatic hydroxyl groups excluding tert-OH is 1. The lowest BCUT2D eigenvalue weighted by Crippen LogP contribution is -2.10. The molecule has 0 saturated heterocycles. The summed E-state index contributed by atoms with van der Waals surface area (Å²) in [7, 11) is 0. The predicted octanol–water partition coefficient (Wildman–Crippen LogP) is 3.47. The van der Waals surface area contributed by atoms with Gasteiger partial charge in [0.2, 0.25) is 0 Å². The highest BCUT2D eigenvalue weighted by molar-refractivity contribution is 5.29. The van der Waals surface area contributed by atoms with Gasteiger partial charge in [0, 0.05) is 0 Å². The Balaban J connectivity index is 2.19. The molecule has 0 bridgehead atoms. The van der Waals surface area contributed by atoms with E-state index in [4.69, 9.17) is 0 Å². The van der Waals surface area contributed by atoms with Crippen LogP contribution in [-0.4, -0.2) is 5.11 Å². The zero-order chi connectivity index (χ0) is 10.7. The molecule has 1 atom stereocenters. The molecule has 1 unspecified atom stereocenters. The van der Waals surface area contributed by atoms with Crippen LogP contribution in [0.2, 0.25) is 0 Å². The average molecular weight is 204 g/mol. The first-order valence-corrected chi connectivity index (χ1v) is 6.08. The van der Waals surface area contributed by atoms with Gasteiger partial charge in [0.1, 0.15) is 0 Å². The molecule has 0 radical (unpaired) electrons. The van der Waals surface area contributed by atoms with E-state index in [2.05, 4.69) is 25.1 Å². The minimum atomic E-state index is -0.233. The van der Waals surface area contributed by atoms with E-state index in [0.717, 1.165) is 12.0 Å². The van der Waals surface area contributed by atoms with Crippen LogP contribution in [0.3, 0.4) is 0 Å². The van der Waals surface area contributed by atoms with Gasteiger partial charge < -0.3 is 5.11 Å². The molecule has 15 heavy (non-hydrogen) atoms. The maximum Gasteiger partial charge on any atom is 0.0820 e. The number of benzene rings is 1. The summed E-state index contributed by atoms with van der Waals surface area (Å²) in [5.74, 6) is 0.498. The van der Waals surface area contributed by atoms with Crippen LogP contribution < -0.4 is 0 Å². The van der Waals surface area contributed by atoms with Crippen LogP contribution in [0, 0.1) is 5.92 Å². The minimum Gasteiger partial charge on any atom is -0.388 e. The molecule has 82 valence electrons. The maximum absolute atomic E-state index is 10.3. The van der Waals surface area contributed by atoms with Crippen LogP contribution in [0.1, 0.15) is 49.8 Å². The summed E-state index contributed by atoms with van der Waals surface area (Å²) in [6.45, 7) is 2.15. The summed E-state index contributed by atoms with van der Waals surface area (Å²) < 4.78 is 0. The zero-order valence-electron chi connectivity index (χ0n) is 9.45. The van der Waals surface area contributed by atoms with E-state index in [1.54, 1.807) is 0 Å². The van der Waals surface area contributed by atoms with E-state index in [0.29, 0.717) is 5.92 Å². The highest BCUT2D eigenvalue weighted by Crippen LogP contribution is 2.36. The van der Waals surface area contributed by atoms with Crippen molar-refractivity contribution < 1.29 is 5.11 Å². The van der Waals surface area contributed by atoms with Crippen LogP contribution in [0.15, 0.2) is 24.3 Å². The fraction of sp³-hybridized carbons (Fsp3) is 0.571. The molecule has 1 nitrogen and oxygen atoms in total. The molecule has 0 heterocycles. The Morgan fingerprint density at radius 3 is 2.60 bits per heavy atom. The van der Waals surface area contributed by atoms with Gasteiger partial charge in [0.05, 0.1) is 6.10 Å². The van der Waals surface area contributed by atoms with E-state index in [9.17, 15) is 5.11 Å². The van der Waals surface area contributed by atoms with Crippen molar-refractivity contribution in [3.8, 4) is 0 Å². The summed E-state index contributed by atoms with van der Waals surface area (Å²) in [6.07, 6.45) is 5.74. The summed E-state index contributed by atoms with van der Waals surface area (Å²) in [5.41, 5.74) is 2.46. The monoisotopic (exact) mass is 204 g/mol. The lowest BCUT2D eigenvalue weighted by atomic mass is 9.90. The van der Waals surface area contributed by atoms with Gasteiger partial charge in [-0.2, -0.15) is 0 Å². The number of rotatable bonds is 3. The molecule has 1 aliphatic carbocycles. The van der Waals surface area contributed by atoms with Gasteiger partial charge in [-0.15, -0.1) is 0 Å². The van der Waals surface area contributed by atoms with Gasteiger partial charge in [-0.3, -0.25) is 0 Å². The van der Waals surface area contributed by atoms with Gasteiger partial charge >= 0.3 is 0 Å². The van der Waals surface area contributed by atoms with Crippen molar-refractivity contribution in [3.63, 3.8) is 0 Å². The van der Waals surface area contributed by atoms with Crippen LogP contribution in [-0.2, 0) is 6.42 Å². The van der Waals surface area contributed by atoms with Crippen LogP contribution >= 0.6 is 0 Å². The first-order valence-electron chi connectivity index (χ1n) is 6.08. The molecule has 0 amide bonds. The Bertz CT molecular complexity index is 313. The molecule has 1 N–H and O–H groups in total.